The first-order valence-corrected chi connectivity index (χ1v) is 9.73. The molecule has 0 saturated heterocycles. The van der Waals surface area contributed by atoms with E-state index in [4.69, 9.17) is 30.6 Å². The molecule has 3 rings (SSSR count). The molecule has 0 bridgehead atoms. The van der Waals surface area contributed by atoms with Gasteiger partial charge in [0, 0.05) is 11.1 Å². The molecule has 0 unspecified atom stereocenters. The molecule has 2 aromatic carbocycles. The maximum absolute atomic E-state index is 11.7. The summed E-state index contributed by atoms with van der Waals surface area (Å²) in [6.45, 7) is 4.11. The summed E-state index contributed by atoms with van der Waals surface area (Å²) in [6.07, 6.45) is 1.53. The summed E-state index contributed by atoms with van der Waals surface area (Å²) in [6, 6.07) is 12.2. The van der Waals surface area contributed by atoms with Crippen LogP contribution in [0.2, 0.25) is 5.02 Å². The van der Waals surface area contributed by atoms with E-state index in [0.717, 1.165) is 0 Å². The minimum absolute atomic E-state index is 0.147. The van der Waals surface area contributed by atoms with Crippen molar-refractivity contribution < 1.29 is 23.8 Å². The summed E-state index contributed by atoms with van der Waals surface area (Å²) in [5, 5.41) is 0.599. The number of hydrogen-bond acceptors (Lipinski definition) is 8. The van der Waals surface area contributed by atoms with E-state index in [2.05, 4.69) is 15.4 Å². The highest BCUT2D eigenvalue weighted by Crippen LogP contribution is 2.24. The lowest BCUT2D eigenvalue weighted by Crippen LogP contribution is -2.26. The molecule has 1 heterocycles. The molecule has 9 heteroatoms. The zero-order valence-electron chi connectivity index (χ0n) is 16.6. The zero-order chi connectivity index (χ0) is 21.3. The maximum atomic E-state index is 11.7. The predicted octanol–water partition coefficient (Wildman–Crippen LogP) is 3.93. The lowest BCUT2D eigenvalue weighted by molar-refractivity contribution is -0.148. The second-order valence-electron chi connectivity index (χ2n) is 6.54. The molecule has 0 fully saturated rings. The lowest BCUT2D eigenvalue weighted by Gasteiger charge is -2.10. The summed E-state index contributed by atoms with van der Waals surface area (Å²) in [4.78, 5) is 25.5. The van der Waals surface area contributed by atoms with Gasteiger partial charge in [-0.3, -0.25) is 4.84 Å². The molecule has 0 atom stereocenters. The fourth-order valence-electron chi connectivity index (χ4n) is 2.35. The minimum Gasteiger partial charge on any atom is -0.482 e. The average molecular weight is 432 g/mol. The molecule has 3 aromatic rings. The van der Waals surface area contributed by atoms with Crippen molar-refractivity contribution >= 4 is 28.6 Å². The van der Waals surface area contributed by atoms with Gasteiger partial charge in [0.2, 0.25) is 5.88 Å². The topological polar surface area (TPSA) is 91.8 Å². The van der Waals surface area contributed by atoms with Gasteiger partial charge in [0.25, 0.3) is 0 Å². The van der Waals surface area contributed by atoms with E-state index in [9.17, 15) is 4.79 Å². The second kappa shape index (κ2) is 10.7. The third-order valence-electron chi connectivity index (χ3n) is 3.65. The molecular weight excluding hydrogens is 410 g/mol. The number of esters is 1. The van der Waals surface area contributed by atoms with E-state index < -0.39 is 5.97 Å². The number of nitrogens with one attached hydrogen (secondary N) is 1. The van der Waals surface area contributed by atoms with E-state index >= 15 is 0 Å². The molecule has 158 valence electrons. The van der Waals surface area contributed by atoms with Crippen LogP contribution in [-0.4, -0.2) is 41.8 Å². The van der Waals surface area contributed by atoms with Crippen molar-refractivity contribution in [3.8, 4) is 17.4 Å². The van der Waals surface area contributed by atoms with Crippen molar-refractivity contribution in [2.24, 2.45) is 0 Å². The number of rotatable bonds is 10. The SMILES string of the molecule is CC(C)NOCCOC(=O)COc1ccc(Oc2cnc3cc(Cl)ccc3n2)cc1. The Morgan fingerprint density at radius 1 is 1.07 bits per heavy atom. The highest BCUT2D eigenvalue weighted by molar-refractivity contribution is 6.31. The molecule has 0 amide bonds. The minimum atomic E-state index is -0.477. The van der Waals surface area contributed by atoms with Crippen molar-refractivity contribution in [2.45, 2.75) is 19.9 Å². The van der Waals surface area contributed by atoms with Gasteiger partial charge in [-0.25, -0.2) is 14.8 Å². The second-order valence-corrected chi connectivity index (χ2v) is 6.98. The number of aromatic nitrogens is 2. The quantitative estimate of drug-likeness (QED) is 0.293. The van der Waals surface area contributed by atoms with Gasteiger partial charge < -0.3 is 14.2 Å². The molecule has 0 radical (unpaired) electrons. The van der Waals surface area contributed by atoms with Crippen LogP contribution >= 0.6 is 11.6 Å². The van der Waals surface area contributed by atoms with Crippen molar-refractivity contribution in [1.29, 1.82) is 0 Å². The van der Waals surface area contributed by atoms with Gasteiger partial charge >= 0.3 is 5.97 Å². The molecule has 8 nitrogen and oxygen atoms in total. The molecule has 0 aliphatic carbocycles. The molecule has 30 heavy (non-hydrogen) atoms. The molecule has 1 aromatic heterocycles. The molecule has 0 saturated carbocycles. The summed E-state index contributed by atoms with van der Waals surface area (Å²) < 4.78 is 16.1. The normalized spacial score (nSPS) is 10.9. The Balaban J connectivity index is 1.44. The van der Waals surface area contributed by atoms with Gasteiger partial charge in [-0.15, -0.1) is 0 Å². The van der Waals surface area contributed by atoms with Crippen LogP contribution in [0.1, 0.15) is 13.8 Å². The van der Waals surface area contributed by atoms with E-state index in [1.165, 1.54) is 6.20 Å². The predicted molar refractivity (Wildman–Crippen MR) is 112 cm³/mol. The lowest BCUT2D eigenvalue weighted by atomic mass is 10.3. The van der Waals surface area contributed by atoms with Gasteiger partial charge in [-0.2, -0.15) is 5.48 Å². The highest BCUT2D eigenvalue weighted by atomic mass is 35.5. The Morgan fingerprint density at radius 3 is 2.60 bits per heavy atom. The van der Waals surface area contributed by atoms with Crippen LogP contribution in [0.3, 0.4) is 0 Å². The monoisotopic (exact) mass is 431 g/mol. The van der Waals surface area contributed by atoms with Crippen molar-refractivity contribution in [1.82, 2.24) is 15.4 Å². The smallest absolute Gasteiger partial charge is 0.344 e. The first kappa shape index (κ1) is 21.8. The number of carbonyl (C=O) groups is 1. The Bertz CT molecular complexity index is 982. The van der Waals surface area contributed by atoms with Crippen molar-refractivity contribution in [3.63, 3.8) is 0 Å². The third kappa shape index (κ3) is 6.84. The van der Waals surface area contributed by atoms with Crippen LogP contribution in [0.5, 0.6) is 17.4 Å². The molecule has 0 aliphatic rings. The number of nitrogens with zero attached hydrogens (tertiary/aromatic N) is 2. The summed E-state index contributed by atoms with van der Waals surface area (Å²) in [5.41, 5.74) is 4.13. The van der Waals surface area contributed by atoms with E-state index in [1.807, 2.05) is 13.8 Å². The third-order valence-corrected chi connectivity index (χ3v) is 3.89. The van der Waals surface area contributed by atoms with E-state index in [0.29, 0.717) is 33.4 Å². The number of benzene rings is 2. The highest BCUT2D eigenvalue weighted by Gasteiger charge is 2.06. The van der Waals surface area contributed by atoms with Gasteiger partial charge in [0.15, 0.2) is 6.61 Å². The summed E-state index contributed by atoms with van der Waals surface area (Å²) in [5.74, 6) is 0.949. The maximum Gasteiger partial charge on any atom is 0.344 e. The Hall–Kier alpha value is -2.94. The number of fused-ring (bicyclic) bond motifs is 1. The van der Waals surface area contributed by atoms with Crippen molar-refractivity contribution in [3.05, 3.63) is 53.7 Å². The molecular formula is C21H22ClN3O5. The number of hydroxylamine groups is 1. The summed E-state index contributed by atoms with van der Waals surface area (Å²) in [7, 11) is 0. The first-order chi connectivity index (χ1) is 14.5. The van der Waals surface area contributed by atoms with E-state index in [1.54, 1.807) is 42.5 Å². The zero-order valence-corrected chi connectivity index (χ0v) is 17.4. The van der Waals surface area contributed by atoms with Gasteiger partial charge in [-0.05, 0) is 56.3 Å². The number of ether oxygens (including phenoxy) is 3. The number of halogens is 1. The Morgan fingerprint density at radius 2 is 1.83 bits per heavy atom. The molecule has 0 spiro atoms. The van der Waals surface area contributed by atoms with Gasteiger partial charge in [0.05, 0.1) is 17.2 Å². The number of carbonyl (C=O) groups excluding carboxylic acids is 1. The van der Waals surface area contributed by atoms with Gasteiger partial charge in [0.1, 0.15) is 24.7 Å². The van der Waals surface area contributed by atoms with Crippen LogP contribution in [-0.2, 0) is 14.4 Å². The fourth-order valence-corrected chi connectivity index (χ4v) is 2.51. The van der Waals surface area contributed by atoms with Crippen LogP contribution in [0.25, 0.3) is 11.0 Å². The number of hydrogen-bond donors (Lipinski definition) is 1. The summed E-state index contributed by atoms with van der Waals surface area (Å²) >= 11 is 5.95. The Kier molecular flexibility index (Phi) is 7.78. The molecule has 1 N–H and O–H groups in total. The van der Waals surface area contributed by atoms with Crippen molar-refractivity contribution in [2.75, 3.05) is 19.8 Å². The standard InChI is InChI=1S/C21H22ClN3O5/c1-14(2)25-29-10-9-27-21(26)13-28-16-4-6-17(7-5-16)30-20-12-23-19-11-15(22)3-8-18(19)24-20/h3-8,11-12,14,25H,9-10,13H2,1-2H3. The first-order valence-electron chi connectivity index (χ1n) is 9.35. The van der Waals surface area contributed by atoms with Crippen LogP contribution in [0, 0.1) is 0 Å². The van der Waals surface area contributed by atoms with E-state index in [-0.39, 0.29) is 25.9 Å². The largest absolute Gasteiger partial charge is 0.482 e. The van der Waals surface area contributed by atoms with Crippen LogP contribution < -0.4 is 15.0 Å². The van der Waals surface area contributed by atoms with Crippen LogP contribution in [0.15, 0.2) is 48.7 Å². The fraction of sp³-hybridized carbons (Fsp3) is 0.286. The Labute approximate surface area is 179 Å². The van der Waals surface area contributed by atoms with Crippen LogP contribution in [0.4, 0.5) is 0 Å². The van der Waals surface area contributed by atoms with Gasteiger partial charge in [-0.1, -0.05) is 11.6 Å². The average Bonchev–Trinajstić information content (AvgIpc) is 2.73. The molecule has 0 aliphatic heterocycles.